The Morgan fingerprint density at radius 3 is 2.46 bits per heavy atom. The van der Waals surface area contributed by atoms with Crippen LogP contribution in [0.4, 0.5) is 5.69 Å². The van der Waals surface area contributed by atoms with Gasteiger partial charge in [0.15, 0.2) is 4.80 Å². The summed E-state index contributed by atoms with van der Waals surface area (Å²) >= 11 is 5.71. The van der Waals surface area contributed by atoms with Crippen molar-refractivity contribution >= 4 is 85.0 Å². The third-order valence-corrected chi connectivity index (χ3v) is 10.1. The number of nitro benzene ring substituents is 1. The van der Waals surface area contributed by atoms with Gasteiger partial charge in [-0.1, -0.05) is 53.8 Å². The molecule has 0 unspecified atom stereocenters. The van der Waals surface area contributed by atoms with Crippen molar-refractivity contribution < 1.29 is 19.2 Å². The number of carbonyl (C=O) groups is 1. The average molecular weight is 857 g/mol. The fourth-order valence-corrected chi connectivity index (χ4v) is 8.58. The highest BCUT2D eigenvalue weighted by Gasteiger charge is 2.33. The molecule has 5 aromatic rings. The van der Waals surface area contributed by atoms with Crippen molar-refractivity contribution in [1.29, 1.82) is 0 Å². The van der Waals surface area contributed by atoms with Crippen LogP contribution in [0.1, 0.15) is 36.6 Å². The fourth-order valence-electron chi connectivity index (χ4n) is 5.41. The zero-order chi connectivity index (χ0) is 32.5. The zero-order valence-electron chi connectivity index (χ0n) is 24.5. The third kappa shape index (κ3) is 6.25. The van der Waals surface area contributed by atoms with E-state index in [1.807, 2.05) is 30.3 Å². The van der Waals surface area contributed by atoms with Crippen molar-refractivity contribution in [2.45, 2.75) is 26.5 Å². The first-order valence-corrected chi connectivity index (χ1v) is 17.2. The summed E-state index contributed by atoms with van der Waals surface area (Å²) in [6.07, 6.45) is 1.80. The summed E-state index contributed by atoms with van der Waals surface area (Å²) in [7, 11) is 0. The topological polar surface area (TPSA) is 113 Å². The molecule has 0 N–H and O–H groups in total. The molecule has 0 aliphatic carbocycles. The molecule has 6 rings (SSSR count). The standard InChI is InChI=1S/C34H25I2N3O6S/c1-3-44-33(41)29-19(2)37-34-38(30(29)22-11-13-24(14-12-22)39(42)43)32(40)28(46-34)17-20-15-26(35)31(27(36)16-20)45-18-23-9-6-8-21-7-4-5-10-25(21)23/h4-17,30H,3,18H2,1-2H3/b28-17+/t30-/m1/s1. The van der Waals surface area contributed by atoms with Crippen LogP contribution >= 0.6 is 56.5 Å². The van der Waals surface area contributed by atoms with Crippen LogP contribution in [-0.2, 0) is 16.1 Å². The molecule has 1 aliphatic heterocycles. The van der Waals surface area contributed by atoms with Crippen LogP contribution < -0.4 is 19.6 Å². The largest absolute Gasteiger partial charge is 0.487 e. The van der Waals surface area contributed by atoms with Crippen molar-refractivity contribution in [2.75, 3.05) is 6.61 Å². The second kappa shape index (κ2) is 13.5. The number of fused-ring (bicyclic) bond motifs is 2. The maximum absolute atomic E-state index is 14.0. The smallest absolute Gasteiger partial charge is 0.338 e. The highest BCUT2D eigenvalue weighted by Crippen LogP contribution is 2.33. The minimum atomic E-state index is -0.858. The van der Waals surface area contributed by atoms with E-state index in [0.717, 1.165) is 34.8 Å². The highest BCUT2D eigenvalue weighted by atomic mass is 127. The molecule has 0 bridgehead atoms. The molecule has 0 fully saturated rings. The summed E-state index contributed by atoms with van der Waals surface area (Å²) in [5.74, 6) is 0.171. The van der Waals surface area contributed by atoms with E-state index in [4.69, 9.17) is 9.47 Å². The fraction of sp³-hybridized carbons (Fsp3) is 0.147. The number of thiazole rings is 1. The van der Waals surface area contributed by atoms with Crippen LogP contribution in [0, 0.1) is 17.3 Å². The van der Waals surface area contributed by atoms with Crippen molar-refractivity contribution in [3.63, 3.8) is 0 Å². The Labute approximate surface area is 294 Å². The number of esters is 1. The minimum Gasteiger partial charge on any atom is -0.487 e. The number of hydrogen-bond acceptors (Lipinski definition) is 8. The van der Waals surface area contributed by atoms with Crippen LogP contribution in [0.25, 0.3) is 16.8 Å². The first kappa shape index (κ1) is 32.1. The Kier molecular flexibility index (Phi) is 9.38. The van der Waals surface area contributed by atoms with Gasteiger partial charge in [-0.2, -0.15) is 0 Å². The molecule has 0 amide bonds. The average Bonchev–Trinajstić information content (AvgIpc) is 3.33. The number of allylic oxidation sites excluding steroid dienone is 1. The molecule has 0 saturated carbocycles. The Morgan fingerprint density at radius 2 is 1.76 bits per heavy atom. The molecule has 1 atom stereocenters. The number of benzene rings is 4. The van der Waals surface area contributed by atoms with Gasteiger partial charge in [-0.05, 0) is 117 Å². The van der Waals surface area contributed by atoms with Crippen molar-refractivity contribution in [1.82, 2.24) is 4.57 Å². The lowest BCUT2D eigenvalue weighted by Crippen LogP contribution is -2.39. The number of nitrogens with zero attached hydrogens (tertiary/aromatic N) is 3. The Hall–Kier alpha value is -3.89. The van der Waals surface area contributed by atoms with Crippen LogP contribution in [0.2, 0.25) is 0 Å². The van der Waals surface area contributed by atoms with Crippen molar-refractivity contribution in [2.24, 2.45) is 4.99 Å². The van der Waals surface area contributed by atoms with Gasteiger partial charge in [-0.3, -0.25) is 19.5 Å². The van der Waals surface area contributed by atoms with Crippen LogP contribution in [0.3, 0.4) is 0 Å². The number of aromatic nitrogens is 1. The zero-order valence-corrected chi connectivity index (χ0v) is 29.7. The summed E-state index contributed by atoms with van der Waals surface area (Å²) < 4.78 is 15.3. The lowest BCUT2D eigenvalue weighted by molar-refractivity contribution is -0.384. The molecule has 4 aromatic carbocycles. The van der Waals surface area contributed by atoms with Gasteiger partial charge in [0.05, 0.1) is 40.5 Å². The number of hydrogen-bond donors (Lipinski definition) is 0. The van der Waals surface area contributed by atoms with Crippen molar-refractivity contribution in [3.05, 3.63) is 144 Å². The van der Waals surface area contributed by atoms with Gasteiger partial charge in [0.25, 0.3) is 11.2 Å². The van der Waals surface area contributed by atoms with Crippen molar-refractivity contribution in [3.8, 4) is 5.75 Å². The molecule has 1 aliphatic rings. The lowest BCUT2D eigenvalue weighted by Gasteiger charge is -2.24. The van der Waals surface area contributed by atoms with E-state index in [2.05, 4.69) is 74.4 Å². The molecule has 232 valence electrons. The minimum absolute atomic E-state index is 0.0942. The Bertz CT molecular complexity index is 2210. The molecular formula is C34H25I2N3O6S. The first-order chi connectivity index (χ1) is 22.2. The molecule has 12 heteroatoms. The van der Waals surface area contributed by atoms with Crippen LogP contribution in [-0.4, -0.2) is 22.1 Å². The Balaban J connectivity index is 1.38. The van der Waals surface area contributed by atoms with Gasteiger partial charge in [0.2, 0.25) is 0 Å². The molecule has 0 radical (unpaired) electrons. The van der Waals surface area contributed by atoms with E-state index in [9.17, 15) is 19.7 Å². The molecular weight excluding hydrogens is 832 g/mol. The normalized spacial score (nSPS) is 14.6. The van der Waals surface area contributed by atoms with Gasteiger partial charge in [0.1, 0.15) is 12.4 Å². The molecule has 2 heterocycles. The van der Waals surface area contributed by atoms with Gasteiger partial charge in [-0.15, -0.1) is 0 Å². The molecule has 0 saturated heterocycles. The molecule has 0 spiro atoms. The van der Waals surface area contributed by atoms with E-state index in [1.165, 1.54) is 28.0 Å². The summed E-state index contributed by atoms with van der Waals surface area (Å²) in [5, 5.41) is 13.6. The van der Waals surface area contributed by atoms with Gasteiger partial charge < -0.3 is 9.47 Å². The Morgan fingerprint density at radius 1 is 1.07 bits per heavy atom. The van der Waals surface area contributed by atoms with E-state index in [-0.39, 0.29) is 23.4 Å². The summed E-state index contributed by atoms with van der Waals surface area (Å²) in [6, 6.07) is 23.3. The maximum Gasteiger partial charge on any atom is 0.338 e. The third-order valence-electron chi connectivity index (χ3n) is 7.51. The van der Waals surface area contributed by atoms with Gasteiger partial charge >= 0.3 is 5.97 Å². The monoisotopic (exact) mass is 857 g/mol. The number of non-ortho nitro benzene ring substituents is 1. The predicted molar refractivity (Wildman–Crippen MR) is 194 cm³/mol. The molecule has 46 heavy (non-hydrogen) atoms. The molecule has 1 aromatic heterocycles. The van der Waals surface area contributed by atoms with Crippen LogP contribution in [0.15, 0.2) is 99.9 Å². The predicted octanol–water partition coefficient (Wildman–Crippen LogP) is 6.65. The molecule has 9 nitrogen and oxygen atoms in total. The van der Waals surface area contributed by atoms with E-state index >= 15 is 0 Å². The van der Waals surface area contributed by atoms with E-state index < -0.39 is 16.9 Å². The van der Waals surface area contributed by atoms with Gasteiger partial charge in [-0.25, -0.2) is 9.79 Å². The summed E-state index contributed by atoms with van der Waals surface area (Å²) in [4.78, 5) is 42.9. The number of ether oxygens (including phenoxy) is 2. The number of carbonyl (C=O) groups excluding carboxylic acids is 1. The number of halogens is 2. The summed E-state index contributed by atoms with van der Waals surface area (Å²) in [6.45, 7) is 3.96. The lowest BCUT2D eigenvalue weighted by atomic mass is 9.95. The number of nitro groups is 1. The van der Waals surface area contributed by atoms with Gasteiger partial charge in [0, 0.05) is 12.1 Å². The SMILES string of the molecule is CCOC(=O)C1=C(C)N=c2s/c(=C/c3cc(I)c(OCc4cccc5ccccc45)c(I)c3)c(=O)n2[C@@H]1c1ccc([N+](=O)[O-])cc1. The number of rotatable bonds is 8. The van der Waals surface area contributed by atoms with E-state index in [1.54, 1.807) is 32.1 Å². The maximum atomic E-state index is 14.0. The second-order valence-corrected chi connectivity index (χ2v) is 13.7. The highest BCUT2D eigenvalue weighted by molar-refractivity contribution is 14.1. The van der Waals surface area contributed by atoms with Crippen LogP contribution in [0.5, 0.6) is 5.75 Å². The van der Waals surface area contributed by atoms with E-state index in [0.29, 0.717) is 27.2 Å². The second-order valence-electron chi connectivity index (χ2n) is 10.4. The summed E-state index contributed by atoms with van der Waals surface area (Å²) in [5.41, 5.74) is 2.65. The first-order valence-electron chi connectivity index (χ1n) is 14.2. The quantitative estimate of drug-likeness (QED) is 0.0749.